The van der Waals surface area contributed by atoms with Gasteiger partial charge in [-0.25, -0.2) is 14.3 Å². The minimum Gasteiger partial charge on any atom is -0.462 e. The van der Waals surface area contributed by atoms with Gasteiger partial charge in [0.25, 0.3) is 5.56 Å². The Hall–Kier alpha value is -2.81. The fraction of sp³-hybridized carbons (Fsp3) is 0.444. The molecule has 0 spiro atoms. The van der Waals surface area contributed by atoms with Crippen LogP contribution in [0.1, 0.15) is 57.1 Å². The Morgan fingerprint density at radius 2 is 1.54 bits per heavy atom. The Labute approximate surface area is 166 Å². The van der Waals surface area contributed by atoms with E-state index in [0.29, 0.717) is 22.5 Å². The molecule has 0 radical (unpaired) electrons. The van der Waals surface area contributed by atoms with E-state index >= 15 is 0 Å². The quantitative estimate of drug-likeness (QED) is 0.667. The molecule has 0 aliphatic rings. The summed E-state index contributed by atoms with van der Waals surface area (Å²) in [7, 11) is 0. The highest BCUT2D eigenvalue weighted by Gasteiger charge is 2.25. The zero-order valence-corrected chi connectivity index (χ0v) is 17.1. The van der Waals surface area contributed by atoms with Crippen LogP contribution < -0.4 is 5.56 Å². The summed E-state index contributed by atoms with van der Waals surface area (Å²) in [5.41, 5.74) is 0.921. The summed E-state index contributed by atoms with van der Waals surface area (Å²) in [6, 6.07) is 0. The number of carbonyl (C=O) groups excluding carboxylic acids is 2. The molecule has 0 amide bonds. The number of hydrogen-bond acceptors (Lipinski definition) is 8. The highest BCUT2D eigenvalue weighted by molar-refractivity contribution is 6.32. The molecule has 9 nitrogen and oxygen atoms in total. The van der Waals surface area contributed by atoms with E-state index in [1.807, 2.05) is 0 Å². The number of hydrogen-bond donors (Lipinski definition) is 0. The van der Waals surface area contributed by atoms with Gasteiger partial charge in [-0.05, 0) is 40.2 Å². The third-order valence-corrected chi connectivity index (χ3v) is 4.40. The molecule has 0 unspecified atom stereocenters. The number of carbonyl (C=O) groups is 2. The third-order valence-electron chi connectivity index (χ3n) is 4.14. The largest absolute Gasteiger partial charge is 0.462 e. The van der Waals surface area contributed by atoms with Crippen molar-refractivity contribution in [1.29, 1.82) is 0 Å². The van der Waals surface area contributed by atoms with Crippen molar-refractivity contribution >= 4 is 23.5 Å². The number of aromatic nitrogens is 4. The molecule has 0 atom stereocenters. The Kier molecular flexibility index (Phi) is 6.85. The molecule has 0 saturated heterocycles. The van der Waals surface area contributed by atoms with Crippen LogP contribution in [0.4, 0.5) is 0 Å². The van der Waals surface area contributed by atoms with Crippen molar-refractivity contribution in [3.8, 4) is 0 Å². The molecule has 0 N–H and O–H groups in total. The van der Waals surface area contributed by atoms with Gasteiger partial charge in [-0.3, -0.25) is 4.79 Å². The van der Waals surface area contributed by atoms with Crippen LogP contribution in [0.25, 0.3) is 0 Å². The Morgan fingerprint density at radius 3 is 2.11 bits per heavy atom. The zero-order valence-electron chi connectivity index (χ0n) is 16.3. The first-order chi connectivity index (χ1) is 13.2. The van der Waals surface area contributed by atoms with Crippen molar-refractivity contribution in [3.63, 3.8) is 0 Å². The van der Waals surface area contributed by atoms with E-state index in [4.69, 9.17) is 21.1 Å². The maximum atomic E-state index is 12.9. The normalized spacial score (nSPS) is 10.6. The predicted molar refractivity (Wildman–Crippen MR) is 101 cm³/mol. The molecule has 0 fully saturated rings. The van der Waals surface area contributed by atoms with Gasteiger partial charge in [0.2, 0.25) is 0 Å². The number of nitrogens with zero attached hydrogens (tertiary/aromatic N) is 4. The van der Waals surface area contributed by atoms with E-state index in [2.05, 4.69) is 15.3 Å². The molecule has 28 heavy (non-hydrogen) atoms. The molecule has 2 aromatic heterocycles. The molecule has 0 aliphatic heterocycles. The minimum absolute atomic E-state index is 0.0145. The Balaban J connectivity index is 2.64. The smallest absolute Gasteiger partial charge is 0.344 e. The van der Waals surface area contributed by atoms with Gasteiger partial charge in [-0.2, -0.15) is 10.2 Å². The van der Waals surface area contributed by atoms with Crippen LogP contribution in [-0.4, -0.2) is 45.1 Å². The first kappa shape index (κ1) is 21.5. The molecule has 0 aliphatic carbocycles. The van der Waals surface area contributed by atoms with Crippen LogP contribution in [0.2, 0.25) is 5.15 Å². The van der Waals surface area contributed by atoms with E-state index in [1.54, 1.807) is 34.6 Å². The zero-order chi connectivity index (χ0) is 21.0. The highest BCUT2D eigenvalue weighted by atomic mass is 35.5. The monoisotopic (exact) mass is 408 g/mol. The molecule has 2 rings (SSSR count). The van der Waals surface area contributed by atoms with Crippen molar-refractivity contribution in [2.45, 2.75) is 41.2 Å². The lowest BCUT2D eigenvalue weighted by molar-refractivity contribution is 0.0511. The van der Waals surface area contributed by atoms with Gasteiger partial charge in [0.1, 0.15) is 11.1 Å². The fourth-order valence-electron chi connectivity index (χ4n) is 2.61. The summed E-state index contributed by atoms with van der Waals surface area (Å²) < 4.78 is 11.1. The van der Waals surface area contributed by atoms with Crippen molar-refractivity contribution in [1.82, 2.24) is 20.0 Å². The molecule has 0 saturated carbocycles. The van der Waals surface area contributed by atoms with Gasteiger partial charge in [-0.1, -0.05) is 11.6 Å². The topological polar surface area (TPSA) is 113 Å². The number of esters is 2. The maximum absolute atomic E-state index is 12.9. The number of halogens is 1. The molecular weight excluding hydrogens is 388 g/mol. The SMILES string of the molecule is CCOC(=O)c1c(Cl)nnc(C)c1Cn1nc(C)c(C)c(C(=O)OCC)c1=O. The van der Waals surface area contributed by atoms with Crippen molar-refractivity contribution in [2.75, 3.05) is 13.2 Å². The summed E-state index contributed by atoms with van der Waals surface area (Å²) in [4.78, 5) is 37.5. The van der Waals surface area contributed by atoms with Crippen LogP contribution >= 0.6 is 11.6 Å². The summed E-state index contributed by atoms with van der Waals surface area (Å²) >= 11 is 6.06. The summed E-state index contributed by atoms with van der Waals surface area (Å²) in [5, 5.41) is 11.8. The molecule has 0 aromatic carbocycles. The number of aryl methyl sites for hydroxylation is 2. The molecule has 2 heterocycles. The molecule has 2 aromatic rings. The van der Waals surface area contributed by atoms with E-state index < -0.39 is 17.5 Å². The van der Waals surface area contributed by atoms with Gasteiger partial charge in [0, 0.05) is 5.56 Å². The van der Waals surface area contributed by atoms with Gasteiger partial charge >= 0.3 is 11.9 Å². The van der Waals surface area contributed by atoms with E-state index in [1.165, 1.54) is 0 Å². The molecule has 150 valence electrons. The van der Waals surface area contributed by atoms with Crippen LogP contribution in [0.5, 0.6) is 0 Å². The highest BCUT2D eigenvalue weighted by Crippen LogP contribution is 2.21. The number of ether oxygens (including phenoxy) is 2. The van der Waals surface area contributed by atoms with E-state index in [9.17, 15) is 14.4 Å². The summed E-state index contributed by atoms with van der Waals surface area (Å²) in [6.45, 7) is 8.37. The lowest BCUT2D eigenvalue weighted by Crippen LogP contribution is -2.33. The molecule has 0 bridgehead atoms. The van der Waals surface area contributed by atoms with Crippen LogP contribution in [0.3, 0.4) is 0 Å². The second kappa shape index (κ2) is 8.92. The second-order valence-corrected chi connectivity index (χ2v) is 6.28. The van der Waals surface area contributed by atoms with Crippen molar-refractivity contribution in [3.05, 3.63) is 49.1 Å². The standard InChI is InChI=1S/C18H21ClN4O5/c1-6-27-17(25)13-9(3)10(4)22-23(16(13)24)8-12-11(5)20-21-15(19)14(12)18(26)28-7-2/h6-8H2,1-5H3. The van der Waals surface area contributed by atoms with Gasteiger partial charge < -0.3 is 9.47 Å². The summed E-state index contributed by atoms with van der Waals surface area (Å²) in [5.74, 6) is -1.40. The van der Waals surface area contributed by atoms with E-state index in [-0.39, 0.29) is 36.0 Å². The molecule has 10 heteroatoms. The Bertz CT molecular complexity index is 987. The Morgan fingerprint density at radius 1 is 0.964 bits per heavy atom. The first-order valence-corrected chi connectivity index (χ1v) is 9.04. The number of rotatable bonds is 6. The van der Waals surface area contributed by atoms with E-state index in [0.717, 1.165) is 4.68 Å². The van der Waals surface area contributed by atoms with Crippen molar-refractivity contribution < 1.29 is 19.1 Å². The van der Waals surface area contributed by atoms with Crippen LogP contribution in [0, 0.1) is 20.8 Å². The van der Waals surface area contributed by atoms with Crippen molar-refractivity contribution in [2.24, 2.45) is 0 Å². The van der Waals surface area contributed by atoms with Crippen LogP contribution in [-0.2, 0) is 16.0 Å². The minimum atomic E-state index is -0.725. The molecular formula is C18H21ClN4O5. The van der Waals surface area contributed by atoms with Gasteiger partial charge in [0.05, 0.1) is 31.1 Å². The van der Waals surface area contributed by atoms with Crippen LogP contribution in [0.15, 0.2) is 4.79 Å². The average molecular weight is 409 g/mol. The average Bonchev–Trinajstić information content (AvgIpc) is 2.63. The summed E-state index contributed by atoms with van der Waals surface area (Å²) in [6.07, 6.45) is 0. The second-order valence-electron chi connectivity index (χ2n) is 5.92. The fourth-order valence-corrected chi connectivity index (χ4v) is 2.84. The predicted octanol–water partition coefficient (Wildman–Crippen LogP) is 2.01. The lowest BCUT2D eigenvalue weighted by Gasteiger charge is -2.15. The maximum Gasteiger partial charge on any atom is 0.344 e. The van der Waals surface area contributed by atoms with Gasteiger partial charge in [-0.15, -0.1) is 5.10 Å². The lowest BCUT2D eigenvalue weighted by atomic mass is 10.1. The first-order valence-electron chi connectivity index (χ1n) is 8.67. The van der Waals surface area contributed by atoms with Gasteiger partial charge in [0.15, 0.2) is 5.15 Å². The third kappa shape index (κ3) is 4.19.